The average molecular weight is 849 g/mol. The van der Waals surface area contributed by atoms with Crippen molar-refractivity contribution in [1.29, 1.82) is 0 Å². The highest BCUT2D eigenvalue weighted by Gasteiger charge is 2.19. The fourth-order valence-electron chi connectivity index (χ4n) is 8.19. The van der Waals surface area contributed by atoms with E-state index in [1.165, 1.54) is 199 Å². The van der Waals surface area contributed by atoms with Crippen molar-refractivity contribution in [3.8, 4) is 0 Å². The Morgan fingerprint density at radius 2 is 0.583 bits per heavy atom. The summed E-state index contributed by atoms with van der Waals surface area (Å²) in [6, 6.07) is 0. The second-order valence-electron chi connectivity index (χ2n) is 18.8. The molecule has 6 heteroatoms. The largest absolute Gasteiger partial charge is 0.462 e. The molecule has 0 N–H and O–H groups in total. The van der Waals surface area contributed by atoms with Crippen LogP contribution >= 0.6 is 0 Å². The molecule has 60 heavy (non-hydrogen) atoms. The summed E-state index contributed by atoms with van der Waals surface area (Å²) in [7, 11) is 0. The normalized spacial score (nSPS) is 12.4. The van der Waals surface area contributed by atoms with Gasteiger partial charge in [-0.05, 0) is 25.2 Å². The lowest BCUT2D eigenvalue weighted by atomic mass is 9.99. The van der Waals surface area contributed by atoms with Crippen LogP contribution in [0.1, 0.15) is 304 Å². The Hall–Kier alpha value is -1.59. The van der Waals surface area contributed by atoms with Gasteiger partial charge in [-0.1, -0.05) is 265 Å². The zero-order valence-electron chi connectivity index (χ0n) is 40.9. The van der Waals surface area contributed by atoms with Crippen LogP contribution in [0.25, 0.3) is 0 Å². The highest BCUT2D eigenvalue weighted by molar-refractivity contribution is 5.71. The number of rotatable bonds is 49. The van der Waals surface area contributed by atoms with Crippen molar-refractivity contribution in [3.63, 3.8) is 0 Å². The van der Waals surface area contributed by atoms with Gasteiger partial charge in [-0.25, -0.2) is 0 Å². The zero-order chi connectivity index (χ0) is 43.8. The Bertz CT molecular complexity index is 905. The van der Waals surface area contributed by atoms with E-state index in [-0.39, 0.29) is 31.1 Å². The molecule has 1 unspecified atom stereocenters. The summed E-state index contributed by atoms with van der Waals surface area (Å²) in [6.45, 7) is 9.06. The Morgan fingerprint density at radius 1 is 0.333 bits per heavy atom. The topological polar surface area (TPSA) is 78.9 Å². The molecule has 2 atom stereocenters. The molecule has 0 spiro atoms. The molecule has 0 aromatic rings. The molecule has 0 aromatic carbocycles. The molecular weight excluding hydrogens is 745 g/mol. The van der Waals surface area contributed by atoms with Crippen molar-refractivity contribution in [1.82, 2.24) is 0 Å². The van der Waals surface area contributed by atoms with Crippen molar-refractivity contribution >= 4 is 17.9 Å². The summed E-state index contributed by atoms with van der Waals surface area (Å²) in [5, 5.41) is 0. The van der Waals surface area contributed by atoms with Crippen LogP contribution in [0.5, 0.6) is 0 Å². The number of carbonyl (C=O) groups is 3. The lowest BCUT2D eigenvalue weighted by molar-refractivity contribution is -0.167. The number of ether oxygens (including phenoxy) is 3. The molecule has 0 saturated heterocycles. The number of hydrogen-bond donors (Lipinski definition) is 0. The number of hydrogen-bond acceptors (Lipinski definition) is 6. The van der Waals surface area contributed by atoms with E-state index < -0.39 is 6.10 Å². The molecule has 0 aliphatic rings. The van der Waals surface area contributed by atoms with Crippen LogP contribution in [-0.2, 0) is 28.6 Å². The summed E-state index contributed by atoms with van der Waals surface area (Å²) in [4.78, 5) is 38.0. The van der Waals surface area contributed by atoms with E-state index in [0.717, 1.165) is 63.7 Å². The van der Waals surface area contributed by atoms with Gasteiger partial charge < -0.3 is 14.2 Å². The van der Waals surface area contributed by atoms with E-state index in [9.17, 15) is 14.4 Å². The van der Waals surface area contributed by atoms with Gasteiger partial charge in [0.1, 0.15) is 13.2 Å². The van der Waals surface area contributed by atoms with Crippen LogP contribution in [0.4, 0.5) is 0 Å². The van der Waals surface area contributed by atoms with Crippen molar-refractivity contribution in [2.75, 3.05) is 13.2 Å². The van der Waals surface area contributed by atoms with Gasteiger partial charge in [-0.3, -0.25) is 14.4 Å². The Kier molecular flexibility index (Phi) is 47.2. The SMILES string of the molecule is CCCCCCCCCCCCCCCCCCC(=O)OC[C@H](COC(=O)CCCCCCCCCCCCC(C)CC)OC(=O)CCCCCCCCCCCCCC. The minimum Gasteiger partial charge on any atom is -0.462 e. The van der Waals surface area contributed by atoms with E-state index >= 15 is 0 Å². The first kappa shape index (κ1) is 58.4. The molecule has 0 radical (unpaired) electrons. The van der Waals surface area contributed by atoms with Gasteiger partial charge >= 0.3 is 17.9 Å². The van der Waals surface area contributed by atoms with Gasteiger partial charge in [0, 0.05) is 19.3 Å². The minimum absolute atomic E-state index is 0.0625. The highest BCUT2D eigenvalue weighted by Crippen LogP contribution is 2.18. The summed E-state index contributed by atoms with van der Waals surface area (Å²) < 4.78 is 16.8. The maximum Gasteiger partial charge on any atom is 0.306 e. The first-order valence-electron chi connectivity index (χ1n) is 26.9. The van der Waals surface area contributed by atoms with Crippen LogP contribution < -0.4 is 0 Å². The number of esters is 3. The van der Waals surface area contributed by atoms with E-state index in [2.05, 4.69) is 27.7 Å². The van der Waals surface area contributed by atoms with Crippen LogP contribution in [0.2, 0.25) is 0 Å². The van der Waals surface area contributed by atoms with Crippen LogP contribution in [0.15, 0.2) is 0 Å². The second kappa shape index (κ2) is 48.4. The van der Waals surface area contributed by atoms with Gasteiger partial charge in [0.25, 0.3) is 0 Å². The smallest absolute Gasteiger partial charge is 0.306 e. The fraction of sp³-hybridized carbons (Fsp3) is 0.944. The molecular formula is C54H104O6. The van der Waals surface area contributed by atoms with E-state index in [0.29, 0.717) is 19.3 Å². The van der Waals surface area contributed by atoms with Gasteiger partial charge in [-0.15, -0.1) is 0 Å². The maximum absolute atomic E-state index is 12.8. The molecule has 0 bridgehead atoms. The van der Waals surface area contributed by atoms with Gasteiger partial charge in [0.05, 0.1) is 0 Å². The van der Waals surface area contributed by atoms with Crippen LogP contribution in [-0.4, -0.2) is 37.2 Å². The van der Waals surface area contributed by atoms with Crippen molar-refractivity contribution < 1.29 is 28.6 Å². The third kappa shape index (κ3) is 45.9. The van der Waals surface area contributed by atoms with Gasteiger partial charge in [-0.2, -0.15) is 0 Å². The summed E-state index contributed by atoms with van der Waals surface area (Å²) >= 11 is 0. The number of unbranched alkanes of at least 4 members (excludes halogenated alkanes) is 35. The molecule has 0 aliphatic heterocycles. The lowest BCUT2D eigenvalue weighted by Gasteiger charge is -2.18. The van der Waals surface area contributed by atoms with Gasteiger partial charge in [0.15, 0.2) is 6.10 Å². The average Bonchev–Trinajstić information content (AvgIpc) is 3.25. The minimum atomic E-state index is -0.761. The van der Waals surface area contributed by atoms with Crippen LogP contribution in [0, 0.1) is 5.92 Å². The standard InChI is InChI=1S/C54H104O6/c1-5-8-10-12-14-16-18-20-21-22-23-25-29-33-37-41-45-52(55)58-48-51(60-54(57)47-43-39-35-31-24-19-17-15-13-11-9-6-2)49-59-53(56)46-42-38-34-30-27-26-28-32-36-40-44-50(4)7-3/h50-51H,5-49H2,1-4H3/t50?,51-/m1/s1. The predicted molar refractivity (Wildman–Crippen MR) is 257 cm³/mol. The summed E-state index contributed by atoms with van der Waals surface area (Å²) in [6.07, 6.45) is 50.8. The fourth-order valence-corrected chi connectivity index (χ4v) is 8.19. The van der Waals surface area contributed by atoms with E-state index in [4.69, 9.17) is 14.2 Å². The van der Waals surface area contributed by atoms with Crippen molar-refractivity contribution in [2.45, 2.75) is 310 Å². The summed E-state index contributed by atoms with van der Waals surface area (Å²) in [5.41, 5.74) is 0. The molecule has 0 saturated carbocycles. The monoisotopic (exact) mass is 849 g/mol. The lowest BCUT2D eigenvalue weighted by Crippen LogP contribution is -2.30. The van der Waals surface area contributed by atoms with Gasteiger partial charge in [0.2, 0.25) is 0 Å². The molecule has 356 valence electrons. The third-order valence-electron chi connectivity index (χ3n) is 12.7. The second-order valence-corrected chi connectivity index (χ2v) is 18.8. The van der Waals surface area contributed by atoms with Crippen molar-refractivity contribution in [2.24, 2.45) is 5.92 Å². The molecule has 0 amide bonds. The van der Waals surface area contributed by atoms with E-state index in [1.807, 2.05) is 0 Å². The Labute approximate surface area is 374 Å². The first-order valence-corrected chi connectivity index (χ1v) is 26.9. The van der Waals surface area contributed by atoms with Crippen LogP contribution in [0.3, 0.4) is 0 Å². The summed E-state index contributed by atoms with van der Waals surface area (Å²) in [5.74, 6) is 0.0280. The Morgan fingerprint density at radius 3 is 0.867 bits per heavy atom. The quantitative estimate of drug-likeness (QED) is 0.0345. The zero-order valence-corrected chi connectivity index (χ0v) is 40.9. The first-order chi connectivity index (χ1) is 29.4. The number of carbonyl (C=O) groups excluding carboxylic acids is 3. The van der Waals surface area contributed by atoms with Crippen molar-refractivity contribution in [3.05, 3.63) is 0 Å². The molecule has 0 aliphatic carbocycles. The molecule has 0 aromatic heterocycles. The molecule has 6 nitrogen and oxygen atoms in total. The molecule has 0 fully saturated rings. The molecule has 0 heterocycles. The Balaban J connectivity index is 4.29. The highest BCUT2D eigenvalue weighted by atomic mass is 16.6. The third-order valence-corrected chi connectivity index (χ3v) is 12.7. The predicted octanol–water partition coefficient (Wildman–Crippen LogP) is 17.5. The molecule has 0 rings (SSSR count). The maximum atomic E-state index is 12.8. The van der Waals surface area contributed by atoms with E-state index in [1.54, 1.807) is 0 Å².